The van der Waals surface area contributed by atoms with Crippen LogP contribution in [0, 0.1) is 13.8 Å². The first-order chi connectivity index (χ1) is 9.47. The summed E-state index contributed by atoms with van der Waals surface area (Å²) in [6.45, 7) is 6.17. The van der Waals surface area contributed by atoms with Gasteiger partial charge in [0.05, 0.1) is 0 Å². The molecule has 0 saturated heterocycles. The van der Waals surface area contributed by atoms with Crippen LogP contribution in [0.15, 0.2) is 40.9 Å². The highest BCUT2D eigenvalue weighted by Crippen LogP contribution is 2.30. The summed E-state index contributed by atoms with van der Waals surface area (Å²) in [6, 6.07) is 12.3. The number of ether oxygens (including phenoxy) is 1. The lowest BCUT2D eigenvalue weighted by atomic mass is 10.1. The van der Waals surface area contributed by atoms with Crippen LogP contribution in [0.2, 0.25) is 0 Å². The summed E-state index contributed by atoms with van der Waals surface area (Å²) < 4.78 is 7.01. The summed E-state index contributed by atoms with van der Waals surface area (Å²) in [5, 5.41) is 0. The van der Waals surface area contributed by atoms with E-state index in [1.807, 2.05) is 31.2 Å². The van der Waals surface area contributed by atoms with Crippen LogP contribution in [0.1, 0.15) is 23.6 Å². The molecule has 0 spiro atoms. The van der Waals surface area contributed by atoms with Crippen molar-refractivity contribution in [3.63, 3.8) is 0 Å². The lowest BCUT2D eigenvalue weighted by molar-refractivity contribution is 0.477. The molecular formula is C17H20BrNO. The minimum Gasteiger partial charge on any atom is -0.457 e. The summed E-state index contributed by atoms with van der Waals surface area (Å²) in [7, 11) is 0. The van der Waals surface area contributed by atoms with Crippen molar-refractivity contribution in [2.75, 3.05) is 0 Å². The molecule has 0 aliphatic rings. The molecule has 1 atom stereocenters. The molecule has 2 aromatic rings. The standard InChI is InChI=1S/C17H20BrNO/c1-11-5-4-6-17(13(11)3)20-15-8-7-14(9-12(2)19)16(18)10-15/h4-8,10,12H,9,19H2,1-3H3. The van der Waals surface area contributed by atoms with Gasteiger partial charge in [-0.15, -0.1) is 0 Å². The van der Waals surface area contributed by atoms with Gasteiger partial charge in [0.1, 0.15) is 11.5 Å². The van der Waals surface area contributed by atoms with E-state index in [9.17, 15) is 0 Å². The van der Waals surface area contributed by atoms with Gasteiger partial charge in [0.25, 0.3) is 0 Å². The third-order valence-corrected chi connectivity index (χ3v) is 4.09. The van der Waals surface area contributed by atoms with Crippen LogP contribution in [0.25, 0.3) is 0 Å². The van der Waals surface area contributed by atoms with Crippen molar-refractivity contribution in [3.8, 4) is 11.5 Å². The van der Waals surface area contributed by atoms with Gasteiger partial charge in [0.15, 0.2) is 0 Å². The minimum atomic E-state index is 0.150. The molecule has 2 N–H and O–H groups in total. The van der Waals surface area contributed by atoms with E-state index < -0.39 is 0 Å². The number of aryl methyl sites for hydroxylation is 1. The highest BCUT2D eigenvalue weighted by molar-refractivity contribution is 9.10. The van der Waals surface area contributed by atoms with E-state index >= 15 is 0 Å². The highest BCUT2D eigenvalue weighted by atomic mass is 79.9. The normalized spacial score (nSPS) is 12.2. The van der Waals surface area contributed by atoms with Crippen LogP contribution in [-0.2, 0) is 6.42 Å². The smallest absolute Gasteiger partial charge is 0.130 e. The van der Waals surface area contributed by atoms with Crippen LogP contribution >= 0.6 is 15.9 Å². The molecule has 0 heterocycles. The largest absolute Gasteiger partial charge is 0.457 e. The molecule has 0 saturated carbocycles. The quantitative estimate of drug-likeness (QED) is 0.876. The first-order valence-corrected chi connectivity index (χ1v) is 7.54. The van der Waals surface area contributed by atoms with Crippen LogP contribution < -0.4 is 10.5 Å². The van der Waals surface area contributed by atoms with Crippen LogP contribution in [0.4, 0.5) is 0 Å². The topological polar surface area (TPSA) is 35.2 Å². The number of hydrogen-bond donors (Lipinski definition) is 1. The Morgan fingerprint density at radius 1 is 1.20 bits per heavy atom. The number of rotatable bonds is 4. The third-order valence-electron chi connectivity index (χ3n) is 3.35. The highest BCUT2D eigenvalue weighted by Gasteiger charge is 2.07. The van der Waals surface area contributed by atoms with E-state index in [-0.39, 0.29) is 6.04 Å². The lowest BCUT2D eigenvalue weighted by Crippen LogP contribution is -2.17. The number of nitrogens with two attached hydrogens (primary N) is 1. The summed E-state index contributed by atoms with van der Waals surface area (Å²) in [6.07, 6.45) is 0.852. The predicted octanol–water partition coefficient (Wildman–Crippen LogP) is 4.75. The molecule has 3 heteroatoms. The predicted molar refractivity (Wildman–Crippen MR) is 87.5 cm³/mol. The van der Waals surface area contributed by atoms with Gasteiger partial charge in [-0.1, -0.05) is 34.1 Å². The first kappa shape index (κ1) is 15.1. The Balaban J connectivity index is 2.22. The van der Waals surface area contributed by atoms with E-state index in [1.165, 1.54) is 16.7 Å². The zero-order valence-corrected chi connectivity index (χ0v) is 13.7. The van der Waals surface area contributed by atoms with Crippen molar-refractivity contribution in [2.24, 2.45) is 5.73 Å². The minimum absolute atomic E-state index is 0.150. The van der Waals surface area contributed by atoms with Crippen molar-refractivity contribution in [1.82, 2.24) is 0 Å². The van der Waals surface area contributed by atoms with E-state index in [1.54, 1.807) is 0 Å². The zero-order chi connectivity index (χ0) is 14.7. The fourth-order valence-electron chi connectivity index (χ4n) is 2.07. The van der Waals surface area contributed by atoms with Gasteiger partial charge in [-0.2, -0.15) is 0 Å². The average molecular weight is 334 g/mol. The second kappa shape index (κ2) is 6.42. The van der Waals surface area contributed by atoms with Gasteiger partial charge < -0.3 is 10.5 Å². The zero-order valence-electron chi connectivity index (χ0n) is 12.1. The molecule has 106 valence electrons. The van der Waals surface area contributed by atoms with Crippen molar-refractivity contribution < 1.29 is 4.74 Å². The van der Waals surface area contributed by atoms with Crippen LogP contribution in [0.5, 0.6) is 11.5 Å². The van der Waals surface area contributed by atoms with Gasteiger partial charge >= 0.3 is 0 Å². The molecule has 0 aliphatic carbocycles. The van der Waals surface area contributed by atoms with Gasteiger partial charge in [0.2, 0.25) is 0 Å². The Bertz CT molecular complexity index is 608. The molecule has 0 bridgehead atoms. The Morgan fingerprint density at radius 3 is 2.60 bits per heavy atom. The van der Waals surface area contributed by atoms with Crippen molar-refractivity contribution in [3.05, 3.63) is 57.6 Å². The SMILES string of the molecule is Cc1cccc(Oc2ccc(CC(C)N)c(Br)c2)c1C. The molecule has 2 rings (SSSR count). The van der Waals surface area contributed by atoms with Crippen LogP contribution in [-0.4, -0.2) is 6.04 Å². The molecule has 2 nitrogen and oxygen atoms in total. The van der Waals surface area contributed by atoms with Gasteiger partial charge in [-0.25, -0.2) is 0 Å². The first-order valence-electron chi connectivity index (χ1n) is 6.75. The molecule has 0 amide bonds. The molecule has 2 aromatic carbocycles. The second-order valence-electron chi connectivity index (χ2n) is 5.23. The fraction of sp³-hybridized carbons (Fsp3) is 0.294. The Hall–Kier alpha value is -1.32. The van der Waals surface area contributed by atoms with E-state index in [4.69, 9.17) is 10.5 Å². The maximum absolute atomic E-state index is 5.97. The summed E-state index contributed by atoms with van der Waals surface area (Å²) in [5.41, 5.74) is 9.44. The Labute approximate surface area is 129 Å². The van der Waals surface area contributed by atoms with Crippen molar-refractivity contribution >= 4 is 15.9 Å². The molecule has 0 fully saturated rings. The van der Waals surface area contributed by atoms with Gasteiger partial charge in [-0.3, -0.25) is 0 Å². The number of benzene rings is 2. The molecule has 0 aromatic heterocycles. The maximum atomic E-state index is 5.97. The number of halogens is 1. The molecular weight excluding hydrogens is 314 g/mol. The third kappa shape index (κ3) is 3.62. The molecule has 1 unspecified atom stereocenters. The average Bonchev–Trinajstić information content (AvgIpc) is 2.38. The van der Waals surface area contributed by atoms with Crippen molar-refractivity contribution in [2.45, 2.75) is 33.2 Å². The molecule has 20 heavy (non-hydrogen) atoms. The second-order valence-corrected chi connectivity index (χ2v) is 6.09. The Kier molecular flexibility index (Phi) is 4.84. The van der Waals surface area contributed by atoms with E-state index in [2.05, 4.69) is 41.9 Å². The van der Waals surface area contributed by atoms with Gasteiger partial charge in [-0.05, 0) is 62.1 Å². The summed E-state index contributed by atoms with van der Waals surface area (Å²) >= 11 is 3.59. The maximum Gasteiger partial charge on any atom is 0.130 e. The van der Waals surface area contributed by atoms with Crippen LogP contribution in [0.3, 0.4) is 0 Å². The lowest BCUT2D eigenvalue weighted by Gasteiger charge is -2.13. The van der Waals surface area contributed by atoms with Gasteiger partial charge in [0, 0.05) is 10.5 Å². The van der Waals surface area contributed by atoms with E-state index in [0.717, 1.165) is 22.4 Å². The molecule has 0 radical (unpaired) electrons. The summed E-state index contributed by atoms with van der Waals surface area (Å²) in [4.78, 5) is 0. The monoisotopic (exact) mass is 333 g/mol. The summed E-state index contributed by atoms with van der Waals surface area (Å²) in [5.74, 6) is 1.73. The van der Waals surface area contributed by atoms with Crippen molar-refractivity contribution in [1.29, 1.82) is 0 Å². The molecule has 0 aliphatic heterocycles. The number of hydrogen-bond acceptors (Lipinski definition) is 2. The Morgan fingerprint density at radius 2 is 1.95 bits per heavy atom. The van der Waals surface area contributed by atoms with E-state index in [0.29, 0.717) is 0 Å². The fourth-order valence-corrected chi connectivity index (χ4v) is 2.59.